The fourth-order valence-electron chi connectivity index (χ4n) is 7.37. The van der Waals surface area contributed by atoms with E-state index in [1.807, 2.05) is 0 Å². The molecule has 12 heteroatoms. The molecule has 3 aliphatic heterocycles. The molecule has 2 unspecified atom stereocenters. The summed E-state index contributed by atoms with van der Waals surface area (Å²) in [7, 11) is 0. The van der Waals surface area contributed by atoms with Crippen molar-refractivity contribution < 1.29 is 26.7 Å². The highest BCUT2D eigenvalue weighted by Crippen LogP contribution is 2.43. The van der Waals surface area contributed by atoms with E-state index in [1.54, 1.807) is 0 Å². The van der Waals surface area contributed by atoms with Crippen LogP contribution in [0.25, 0.3) is 22.2 Å². The number of aromatic nitrogens is 4. The van der Waals surface area contributed by atoms with E-state index >= 15 is 4.39 Å². The van der Waals surface area contributed by atoms with E-state index in [9.17, 15) is 17.6 Å². The minimum absolute atomic E-state index is 0.0674. The van der Waals surface area contributed by atoms with Crippen molar-refractivity contribution in [1.82, 2.24) is 24.8 Å². The van der Waals surface area contributed by atoms with Crippen molar-refractivity contribution in [3.8, 4) is 17.3 Å². The molecule has 3 aromatic heterocycles. The zero-order chi connectivity index (χ0) is 27.6. The van der Waals surface area contributed by atoms with Crippen molar-refractivity contribution in [2.75, 3.05) is 37.7 Å². The van der Waals surface area contributed by atoms with E-state index in [-0.39, 0.29) is 18.1 Å². The summed E-state index contributed by atoms with van der Waals surface area (Å²) in [5, 5.41) is 0.317. The number of ether oxygens (including phenoxy) is 1. The second-order valence-electron chi connectivity index (χ2n) is 11.7. The third-order valence-corrected chi connectivity index (χ3v) is 9.16. The molecule has 0 amide bonds. The van der Waals surface area contributed by atoms with Gasteiger partial charge in [0.25, 0.3) is 0 Å². The first kappa shape index (κ1) is 25.8. The van der Waals surface area contributed by atoms with Crippen molar-refractivity contribution in [3.63, 3.8) is 0 Å². The van der Waals surface area contributed by atoms with Gasteiger partial charge in [-0.15, -0.1) is 0 Å². The number of fused-ring (bicyclic) bond motifs is 4. The van der Waals surface area contributed by atoms with E-state index in [1.165, 1.54) is 6.20 Å². The average molecular weight is 561 g/mol. The van der Waals surface area contributed by atoms with Crippen LogP contribution in [-0.4, -0.2) is 69.3 Å². The third-order valence-electron chi connectivity index (χ3n) is 9.16. The topological polar surface area (TPSA) is 67.3 Å². The van der Waals surface area contributed by atoms with Gasteiger partial charge in [-0.2, -0.15) is 23.1 Å². The number of alkyl halides is 4. The Morgan fingerprint density at radius 2 is 1.88 bits per heavy atom. The van der Waals surface area contributed by atoms with Gasteiger partial charge < -0.3 is 9.64 Å². The van der Waals surface area contributed by atoms with Crippen molar-refractivity contribution in [2.45, 2.75) is 56.4 Å². The number of anilines is 1. The highest BCUT2D eigenvalue weighted by Gasteiger charge is 2.49. The standard InChI is InChI=1S/C28H29F5N6O/c29-18-9-27(5-1-7-39(27)14-18)15-40-26-36-24-20(25(37-26)38-12-16-2-3-17(8-16)13-38)11-35-23(22(24)30)19-10-34-6-4-21(19)28(31,32)33/h4,6,10-11,16-18H,1-3,5,7-9,12-15H2/t16?,17?,18-,27+/m1/s1. The summed E-state index contributed by atoms with van der Waals surface area (Å²) >= 11 is 0. The van der Waals surface area contributed by atoms with Crippen LogP contribution in [0.15, 0.2) is 24.7 Å². The van der Waals surface area contributed by atoms with Crippen LogP contribution in [0.5, 0.6) is 6.01 Å². The molecule has 1 saturated carbocycles. The Labute approximate surface area is 227 Å². The lowest BCUT2D eigenvalue weighted by atomic mass is 9.95. The first-order chi connectivity index (χ1) is 19.2. The van der Waals surface area contributed by atoms with Gasteiger partial charge in [0, 0.05) is 50.2 Å². The number of pyridine rings is 2. The molecule has 7 nitrogen and oxygen atoms in total. The summed E-state index contributed by atoms with van der Waals surface area (Å²) in [6.45, 7) is 2.80. The van der Waals surface area contributed by atoms with Crippen molar-refractivity contribution in [3.05, 3.63) is 36.0 Å². The Bertz CT molecular complexity index is 1440. The van der Waals surface area contributed by atoms with Crippen LogP contribution < -0.4 is 9.64 Å². The predicted molar refractivity (Wildman–Crippen MR) is 137 cm³/mol. The van der Waals surface area contributed by atoms with Gasteiger partial charge in [0.1, 0.15) is 29.8 Å². The van der Waals surface area contributed by atoms with E-state index in [0.717, 1.165) is 70.2 Å². The van der Waals surface area contributed by atoms with E-state index in [2.05, 4.69) is 24.8 Å². The molecule has 0 aromatic carbocycles. The molecule has 4 aliphatic rings. The third kappa shape index (κ3) is 4.35. The highest BCUT2D eigenvalue weighted by molar-refractivity contribution is 5.92. The molecule has 4 fully saturated rings. The maximum Gasteiger partial charge on any atom is 0.417 e. The fraction of sp³-hybridized carbons (Fsp3) is 0.571. The highest BCUT2D eigenvalue weighted by atomic mass is 19.4. The molecule has 3 saturated heterocycles. The monoisotopic (exact) mass is 560 g/mol. The second kappa shape index (κ2) is 9.46. The average Bonchev–Trinajstić information content (AvgIpc) is 3.57. The maximum atomic E-state index is 16.1. The van der Waals surface area contributed by atoms with E-state index in [0.29, 0.717) is 36.0 Å². The van der Waals surface area contributed by atoms with Gasteiger partial charge in [0.05, 0.1) is 16.5 Å². The maximum absolute atomic E-state index is 16.1. The SMILES string of the molecule is Fc1c(-c2cnccc2C(F)(F)F)ncc2c(N3CC4CCC(C4)C3)nc(OC[C@@]34CCCN3C[C@H](F)C4)nc12. The Balaban J connectivity index is 1.32. The fourth-order valence-corrected chi connectivity index (χ4v) is 7.37. The Morgan fingerprint density at radius 3 is 2.65 bits per heavy atom. The van der Waals surface area contributed by atoms with Gasteiger partial charge in [-0.1, -0.05) is 0 Å². The Morgan fingerprint density at radius 1 is 1.07 bits per heavy atom. The van der Waals surface area contributed by atoms with Crippen LogP contribution in [-0.2, 0) is 6.18 Å². The number of nitrogens with zero attached hydrogens (tertiary/aromatic N) is 6. The van der Waals surface area contributed by atoms with Crippen LogP contribution in [0.2, 0.25) is 0 Å². The first-order valence-electron chi connectivity index (χ1n) is 13.8. The predicted octanol–water partition coefficient (Wildman–Crippen LogP) is 5.44. The minimum atomic E-state index is -4.72. The zero-order valence-corrected chi connectivity index (χ0v) is 21.8. The summed E-state index contributed by atoms with van der Waals surface area (Å²) in [6, 6.07) is 0.735. The smallest absolute Gasteiger partial charge is 0.417 e. The Kier molecular flexibility index (Phi) is 6.10. The largest absolute Gasteiger partial charge is 0.461 e. The van der Waals surface area contributed by atoms with E-state index in [4.69, 9.17) is 9.72 Å². The Hall–Kier alpha value is -3.15. The molecule has 2 bridgehead atoms. The molecule has 3 aromatic rings. The van der Waals surface area contributed by atoms with E-state index < -0.39 is 40.5 Å². The molecule has 212 valence electrons. The van der Waals surface area contributed by atoms with Crippen LogP contribution in [0.3, 0.4) is 0 Å². The van der Waals surface area contributed by atoms with Crippen LogP contribution >= 0.6 is 0 Å². The lowest BCUT2D eigenvalue weighted by molar-refractivity contribution is -0.137. The van der Waals surface area contributed by atoms with Crippen molar-refractivity contribution >= 4 is 16.7 Å². The zero-order valence-electron chi connectivity index (χ0n) is 21.8. The number of hydrogen-bond donors (Lipinski definition) is 0. The van der Waals surface area contributed by atoms with Crippen LogP contribution in [0, 0.1) is 17.7 Å². The second-order valence-corrected chi connectivity index (χ2v) is 11.7. The van der Waals surface area contributed by atoms with Crippen molar-refractivity contribution in [2.24, 2.45) is 11.8 Å². The summed E-state index contributed by atoms with van der Waals surface area (Å²) in [4.78, 5) is 21.2. The molecule has 7 rings (SSSR count). The van der Waals surface area contributed by atoms with Gasteiger partial charge in [-0.05, 0) is 56.6 Å². The lowest BCUT2D eigenvalue weighted by Gasteiger charge is -2.34. The molecule has 40 heavy (non-hydrogen) atoms. The van der Waals surface area contributed by atoms with Gasteiger partial charge >= 0.3 is 12.2 Å². The molecule has 0 radical (unpaired) electrons. The van der Waals surface area contributed by atoms with Gasteiger partial charge in [-0.3, -0.25) is 14.9 Å². The summed E-state index contributed by atoms with van der Waals surface area (Å²) < 4.78 is 77.8. The van der Waals surface area contributed by atoms with Crippen molar-refractivity contribution in [1.29, 1.82) is 0 Å². The number of hydrogen-bond acceptors (Lipinski definition) is 7. The van der Waals surface area contributed by atoms with Crippen LogP contribution in [0.4, 0.5) is 27.8 Å². The van der Waals surface area contributed by atoms with Gasteiger partial charge in [-0.25, -0.2) is 8.78 Å². The molecule has 6 heterocycles. The molecular formula is C28H29F5N6O. The molecule has 4 atom stereocenters. The molecule has 1 aliphatic carbocycles. The van der Waals surface area contributed by atoms with Crippen LogP contribution in [0.1, 0.15) is 44.1 Å². The first-order valence-corrected chi connectivity index (χ1v) is 13.8. The summed E-state index contributed by atoms with van der Waals surface area (Å²) in [6.07, 6.45) is 3.12. The number of rotatable bonds is 5. The molecule has 0 spiro atoms. The number of halogens is 5. The summed E-state index contributed by atoms with van der Waals surface area (Å²) in [5.41, 5.74) is -2.60. The quantitative estimate of drug-likeness (QED) is 0.385. The minimum Gasteiger partial charge on any atom is -0.461 e. The van der Waals surface area contributed by atoms with Gasteiger partial charge in [0.15, 0.2) is 5.82 Å². The molecule has 0 N–H and O–H groups in total. The molecular weight excluding hydrogens is 531 g/mol. The van der Waals surface area contributed by atoms with Gasteiger partial charge in [0.2, 0.25) is 0 Å². The number of piperidine rings is 1. The summed E-state index contributed by atoms with van der Waals surface area (Å²) in [5.74, 6) is 0.476. The lowest BCUT2D eigenvalue weighted by Crippen LogP contribution is -2.43. The normalized spacial score (nSPS) is 28.4.